The quantitative estimate of drug-likeness (QED) is 0.626. The summed E-state index contributed by atoms with van der Waals surface area (Å²) in [5.74, 6) is 3.14. The second-order valence-corrected chi connectivity index (χ2v) is 6.99. The first-order valence-electron chi connectivity index (χ1n) is 7.93. The van der Waals surface area contributed by atoms with E-state index >= 15 is 0 Å². The summed E-state index contributed by atoms with van der Waals surface area (Å²) < 4.78 is 5.34. The normalized spacial score (nSPS) is 23.0. The summed E-state index contributed by atoms with van der Waals surface area (Å²) in [7, 11) is 1.84. The van der Waals surface area contributed by atoms with Crippen molar-refractivity contribution in [3.8, 4) is 0 Å². The molecule has 1 saturated carbocycles. The molecule has 0 bridgehead atoms. The van der Waals surface area contributed by atoms with Gasteiger partial charge in [0.1, 0.15) is 5.76 Å². The van der Waals surface area contributed by atoms with E-state index in [9.17, 15) is 0 Å². The number of rotatable bonds is 6. The summed E-state index contributed by atoms with van der Waals surface area (Å²) in [5, 5.41) is 7.75. The van der Waals surface area contributed by atoms with Crippen LogP contribution in [0.2, 0.25) is 0 Å². The SMILES string of the molecule is CCSC1CCCC(NC(=NC)NCCc2ccco2)C1. The maximum Gasteiger partial charge on any atom is 0.191 e. The molecule has 0 spiro atoms. The van der Waals surface area contributed by atoms with E-state index in [1.54, 1.807) is 6.26 Å². The third kappa shape index (κ3) is 5.65. The zero-order valence-electron chi connectivity index (χ0n) is 13.1. The Labute approximate surface area is 132 Å². The molecule has 2 atom stereocenters. The van der Waals surface area contributed by atoms with Crippen LogP contribution in [-0.4, -0.2) is 36.6 Å². The number of nitrogens with one attached hydrogen (secondary N) is 2. The Hall–Kier alpha value is -1.10. The monoisotopic (exact) mass is 309 g/mol. The van der Waals surface area contributed by atoms with Crippen LogP contribution in [0.5, 0.6) is 0 Å². The van der Waals surface area contributed by atoms with Crippen LogP contribution in [0.1, 0.15) is 38.4 Å². The number of hydrogen-bond donors (Lipinski definition) is 2. The fraction of sp³-hybridized carbons (Fsp3) is 0.688. The van der Waals surface area contributed by atoms with Crippen LogP contribution in [0.15, 0.2) is 27.8 Å². The largest absolute Gasteiger partial charge is 0.469 e. The number of nitrogens with zero attached hydrogens (tertiary/aromatic N) is 1. The average Bonchev–Trinajstić information content (AvgIpc) is 3.00. The van der Waals surface area contributed by atoms with Crippen molar-refractivity contribution >= 4 is 17.7 Å². The Bertz CT molecular complexity index is 417. The molecule has 1 aliphatic rings. The van der Waals surface area contributed by atoms with Crippen molar-refractivity contribution in [3.63, 3.8) is 0 Å². The van der Waals surface area contributed by atoms with Gasteiger partial charge in [-0.2, -0.15) is 11.8 Å². The van der Waals surface area contributed by atoms with Gasteiger partial charge in [0.25, 0.3) is 0 Å². The van der Waals surface area contributed by atoms with Crippen molar-refractivity contribution in [1.29, 1.82) is 0 Å². The van der Waals surface area contributed by atoms with Crippen LogP contribution in [0, 0.1) is 0 Å². The van der Waals surface area contributed by atoms with Crippen molar-refractivity contribution in [3.05, 3.63) is 24.2 Å². The fourth-order valence-electron chi connectivity index (χ4n) is 2.81. The molecular weight excluding hydrogens is 282 g/mol. The van der Waals surface area contributed by atoms with Gasteiger partial charge in [-0.15, -0.1) is 0 Å². The molecule has 1 fully saturated rings. The van der Waals surface area contributed by atoms with Gasteiger partial charge in [0, 0.05) is 31.3 Å². The second-order valence-electron chi connectivity index (χ2n) is 5.41. The highest BCUT2D eigenvalue weighted by Crippen LogP contribution is 2.28. The first-order valence-corrected chi connectivity index (χ1v) is 8.98. The van der Waals surface area contributed by atoms with Crippen LogP contribution in [0.25, 0.3) is 0 Å². The molecule has 0 amide bonds. The lowest BCUT2D eigenvalue weighted by Gasteiger charge is -2.30. The summed E-state index contributed by atoms with van der Waals surface area (Å²) in [6.07, 6.45) is 7.78. The molecule has 1 aliphatic carbocycles. The Kier molecular flexibility index (Phi) is 7.00. The number of aliphatic imine (C=N–C) groups is 1. The van der Waals surface area contributed by atoms with Crippen molar-refractivity contribution in [2.24, 2.45) is 4.99 Å². The van der Waals surface area contributed by atoms with Gasteiger partial charge in [-0.1, -0.05) is 13.3 Å². The van der Waals surface area contributed by atoms with Gasteiger partial charge in [-0.25, -0.2) is 0 Å². The van der Waals surface area contributed by atoms with Gasteiger partial charge >= 0.3 is 0 Å². The molecule has 0 aromatic carbocycles. The van der Waals surface area contributed by atoms with E-state index in [1.165, 1.54) is 31.4 Å². The molecule has 0 saturated heterocycles. The number of thioether (sulfide) groups is 1. The average molecular weight is 309 g/mol. The molecule has 21 heavy (non-hydrogen) atoms. The predicted molar refractivity (Wildman–Crippen MR) is 91.1 cm³/mol. The minimum absolute atomic E-state index is 0.553. The molecule has 4 nitrogen and oxygen atoms in total. The van der Waals surface area contributed by atoms with Gasteiger partial charge in [0.2, 0.25) is 0 Å². The van der Waals surface area contributed by atoms with E-state index in [0.717, 1.165) is 29.9 Å². The van der Waals surface area contributed by atoms with E-state index < -0.39 is 0 Å². The maximum absolute atomic E-state index is 5.34. The van der Waals surface area contributed by atoms with Crippen LogP contribution in [-0.2, 0) is 6.42 Å². The molecule has 2 N–H and O–H groups in total. The van der Waals surface area contributed by atoms with Gasteiger partial charge in [-0.05, 0) is 37.1 Å². The smallest absolute Gasteiger partial charge is 0.191 e. The Morgan fingerprint density at radius 2 is 2.38 bits per heavy atom. The molecule has 0 radical (unpaired) electrons. The zero-order chi connectivity index (χ0) is 14.9. The molecule has 2 unspecified atom stereocenters. The highest BCUT2D eigenvalue weighted by atomic mass is 32.2. The van der Waals surface area contributed by atoms with Crippen LogP contribution in [0.4, 0.5) is 0 Å². The standard InChI is InChI=1S/C16H27N3OS/c1-3-21-15-8-4-6-13(12-15)19-16(17-2)18-10-9-14-7-5-11-20-14/h5,7,11,13,15H,3-4,6,8-10,12H2,1-2H3,(H2,17,18,19). The fourth-order valence-corrected chi connectivity index (χ4v) is 3.98. The summed E-state index contributed by atoms with van der Waals surface area (Å²) in [6, 6.07) is 4.49. The third-order valence-corrected chi connectivity index (χ3v) is 5.07. The van der Waals surface area contributed by atoms with Crippen LogP contribution >= 0.6 is 11.8 Å². The molecule has 2 rings (SSSR count). The first kappa shape index (κ1) is 16.3. The summed E-state index contributed by atoms with van der Waals surface area (Å²) in [6.45, 7) is 3.09. The Morgan fingerprint density at radius 3 is 3.10 bits per heavy atom. The molecule has 5 heteroatoms. The van der Waals surface area contributed by atoms with E-state index in [1.807, 2.05) is 19.2 Å². The lowest BCUT2D eigenvalue weighted by molar-refractivity contribution is 0.418. The van der Waals surface area contributed by atoms with Crippen molar-refractivity contribution in [2.45, 2.75) is 50.3 Å². The number of hydrogen-bond acceptors (Lipinski definition) is 3. The predicted octanol–water partition coefficient (Wildman–Crippen LogP) is 3.05. The van der Waals surface area contributed by atoms with Crippen molar-refractivity contribution < 1.29 is 4.42 Å². The van der Waals surface area contributed by atoms with Crippen LogP contribution < -0.4 is 10.6 Å². The van der Waals surface area contributed by atoms with Gasteiger partial charge in [0.15, 0.2) is 5.96 Å². The number of guanidine groups is 1. The first-order chi connectivity index (χ1) is 10.3. The molecule has 118 valence electrons. The maximum atomic E-state index is 5.34. The van der Waals surface area contributed by atoms with E-state index in [0.29, 0.717) is 6.04 Å². The third-order valence-electron chi connectivity index (χ3n) is 3.84. The van der Waals surface area contributed by atoms with Crippen molar-refractivity contribution in [1.82, 2.24) is 10.6 Å². The Balaban J connectivity index is 1.71. The minimum atomic E-state index is 0.553. The summed E-state index contributed by atoms with van der Waals surface area (Å²) in [5.41, 5.74) is 0. The highest BCUT2D eigenvalue weighted by Gasteiger charge is 2.22. The Morgan fingerprint density at radius 1 is 1.48 bits per heavy atom. The lowest BCUT2D eigenvalue weighted by atomic mass is 9.95. The second kappa shape index (κ2) is 9.03. The highest BCUT2D eigenvalue weighted by molar-refractivity contribution is 7.99. The topological polar surface area (TPSA) is 49.6 Å². The summed E-state index contributed by atoms with van der Waals surface area (Å²) >= 11 is 2.09. The van der Waals surface area contributed by atoms with E-state index in [4.69, 9.17) is 4.42 Å². The molecular formula is C16H27N3OS. The molecule has 1 aromatic heterocycles. The minimum Gasteiger partial charge on any atom is -0.469 e. The zero-order valence-corrected chi connectivity index (χ0v) is 13.9. The van der Waals surface area contributed by atoms with Crippen molar-refractivity contribution in [2.75, 3.05) is 19.3 Å². The van der Waals surface area contributed by atoms with E-state index in [-0.39, 0.29) is 0 Å². The van der Waals surface area contributed by atoms with Crippen LogP contribution in [0.3, 0.4) is 0 Å². The lowest BCUT2D eigenvalue weighted by Crippen LogP contribution is -2.46. The molecule has 1 aromatic rings. The molecule has 0 aliphatic heterocycles. The summed E-state index contributed by atoms with van der Waals surface area (Å²) in [4.78, 5) is 4.33. The van der Waals surface area contributed by atoms with Gasteiger partial charge < -0.3 is 15.1 Å². The van der Waals surface area contributed by atoms with Gasteiger partial charge in [-0.3, -0.25) is 4.99 Å². The number of furan rings is 1. The molecule has 1 heterocycles. The van der Waals surface area contributed by atoms with E-state index in [2.05, 4.69) is 34.3 Å². The van der Waals surface area contributed by atoms with Gasteiger partial charge in [0.05, 0.1) is 6.26 Å².